The number of hydrogen-bond acceptors (Lipinski definition) is 2. The molecular weight excluding hydrogens is 667 g/mol. The van der Waals surface area contributed by atoms with Gasteiger partial charge in [-0.1, -0.05) is 170 Å². The number of ether oxygens (including phenoxy) is 1. The van der Waals surface area contributed by atoms with E-state index >= 15 is 0 Å². The molecule has 0 radical (unpaired) electrons. The van der Waals surface area contributed by atoms with Crippen molar-refractivity contribution >= 4 is 27.8 Å². The summed E-state index contributed by atoms with van der Waals surface area (Å²) in [7, 11) is 0. The van der Waals surface area contributed by atoms with Crippen LogP contribution in [0.25, 0.3) is 33.0 Å². The minimum atomic E-state index is -0.579. The van der Waals surface area contributed by atoms with E-state index in [2.05, 4.69) is 229 Å². The Morgan fingerprint density at radius 2 is 0.745 bits per heavy atom. The first kappa shape index (κ1) is 32.5. The second-order valence-electron chi connectivity index (χ2n) is 14.1. The molecule has 0 spiro atoms. The molecule has 1 atom stereocenters. The lowest BCUT2D eigenvalue weighted by molar-refractivity contribution is 0.435. The summed E-state index contributed by atoms with van der Waals surface area (Å²) >= 11 is 0. The number of hydrogen-bond donors (Lipinski definition) is 0. The summed E-state index contributed by atoms with van der Waals surface area (Å²) in [4.78, 5) is 2.31. The summed E-state index contributed by atoms with van der Waals surface area (Å²) in [6.07, 6.45) is 0. The van der Waals surface area contributed by atoms with Crippen molar-refractivity contribution in [2.45, 2.75) is 5.41 Å². The Kier molecular flexibility index (Phi) is 8.08. The lowest BCUT2D eigenvalue weighted by Gasteiger charge is -2.41. The maximum Gasteiger partial charge on any atom is 0.132 e. The van der Waals surface area contributed by atoms with Gasteiger partial charge in [-0.05, 0) is 98.8 Å². The van der Waals surface area contributed by atoms with Crippen molar-refractivity contribution in [1.82, 2.24) is 0 Å². The largest absolute Gasteiger partial charge is 0.457 e. The maximum absolute atomic E-state index is 6.69. The summed E-state index contributed by atoms with van der Waals surface area (Å²) in [6.45, 7) is 0. The van der Waals surface area contributed by atoms with E-state index in [0.717, 1.165) is 56.2 Å². The fourth-order valence-corrected chi connectivity index (χ4v) is 8.38. The van der Waals surface area contributed by atoms with Crippen LogP contribution in [0.4, 0.5) is 17.1 Å². The van der Waals surface area contributed by atoms with Gasteiger partial charge in [-0.2, -0.15) is 0 Å². The first-order chi connectivity index (χ1) is 27.3. The van der Waals surface area contributed by atoms with E-state index < -0.39 is 5.41 Å². The van der Waals surface area contributed by atoms with Crippen LogP contribution in [0.3, 0.4) is 0 Å². The van der Waals surface area contributed by atoms with Crippen molar-refractivity contribution in [3.63, 3.8) is 0 Å². The second kappa shape index (κ2) is 13.7. The Balaban J connectivity index is 1.05. The predicted molar refractivity (Wildman–Crippen MR) is 228 cm³/mol. The topological polar surface area (TPSA) is 12.5 Å². The van der Waals surface area contributed by atoms with Crippen molar-refractivity contribution in [2.24, 2.45) is 0 Å². The van der Waals surface area contributed by atoms with Gasteiger partial charge in [-0.15, -0.1) is 0 Å². The zero-order valence-corrected chi connectivity index (χ0v) is 30.2. The third kappa shape index (κ3) is 5.67. The molecule has 1 aliphatic rings. The van der Waals surface area contributed by atoms with Crippen LogP contribution in [0.15, 0.2) is 224 Å². The fraction of sp³-hybridized carbons (Fsp3) is 0.0189. The van der Waals surface area contributed by atoms with Crippen LogP contribution in [0.1, 0.15) is 22.3 Å². The van der Waals surface area contributed by atoms with E-state index in [4.69, 9.17) is 4.74 Å². The number of benzene rings is 9. The third-order valence-corrected chi connectivity index (χ3v) is 11.0. The van der Waals surface area contributed by atoms with Crippen LogP contribution in [0.5, 0.6) is 11.5 Å². The Hall–Kier alpha value is -7.16. The van der Waals surface area contributed by atoms with E-state index in [1.165, 1.54) is 27.6 Å². The molecule has 0 fully saturated rings. The molecule has 1 heterocycles. The minimum absolute atomic E-state index is 0.579. The first-order valence-electron chi connectivity index (χ1n) is 18.8. The summed E-state index contributed by atoms with van der Waals surface area (Å²) < 4.78 is 6.69. The van der Waals surface area contributed by atoms with Crippen LogP contribution in [-0.2, 0) is 5.41 Å². The van der Waals surface area contributed by atoms with Crippen molar-refractivity contribution in [1.29, 1.82) is 0 Å². The summed E-state index contributed by atoms with van der Waals surface area (Å²) in [5.41, 5.74) is 12.2. The maximum atomic E-state index is 6.69. The molecule has 0 amide bonds. The van der Waals surface area contributed by atoms with Gasteiger partial charge < -0.3 is 9.64 Å². The normalized spacial score (nSPS) is 14.4. The molecule has 0 aromatic heterocycles. The molecule has 1 unspecified atom stereocenters. The summed E-state index contributed by atoms with van der Waals surface area (Å²) in [6, 6.07) is 80.5. The van der Waals surface area contributed by atoms with Crippen LogP contribution in [-0.4, -0.2) is 0 Å². The molecule has 260 valence electrons. The van der Waals surface area contributed by atoms with Crippen molar-refractivity contribution < 1.29 is 4.74 Å². The SMILES string of the molecule is c1ccc(-c2ccc(N(c3ccccc3)c3ccc(-c4ccc(C5(c6ccccc6)c6ccccc6Oc6cc7ccccc7cc65)cc4)cc3)cc2)cc1. The Morgan fingerprint density at radius 1 is 0.309 bits per heavy atom. The van der Waals surface area contributed by atoms with E-state index in [1.54, 1.807) is 0 Å². The molecule has 0 saturated carbocycles. The average molecular weight is 704 g/mol. The highest BCUT2D eigenvalue weighted by Crippen LogP contribution is 2.56. The predicted octanol–water partition coefficient (Wildman–Crippen LogP) is 14.1. The first-order valence-corrected chi connectivity index (χ1v) is 18.8. The number of anilines is 3. The number of rotatable bonds is 7. The third-order valence-electron chi connectivity index (χ3n) is 11.0. The van der Waals surface area contributed by atoms with Gasteiger partial charge in [0.2, 0.25) is 0 Å². The quantitative estimate of drug-likeness (QED) is 0.164. The molecule has 0 saturated heterocycles. The minimum Gasteiger partial charge on any atom is -0.457 e. The summed E-state index contributed by atoms with van der Waals surface area (Å²) in [5, 5.41) is 2.36. The molecule has 55 heavy (non-hydrogen) atoms. The van der Waals surface area contributed by atoms with Gasteiger partial charge in [-0.3, -0.25) is 0 Å². The van der Waals surface area contributed by atoms with Crippen molar-refractivity contribution in [3.05, 3.63) is 247 Å². The van der Waals surface area contributed by atoms with Gasteiger partial charge in [0.1, 0.15) is 11.5 Å². The Morgan fingerprint density at radius 3 is 1.36 bits per heavy atom. The van der Waals surface area contributed by atoms with Gasteiger partial charge in [0.25, 0.3) is 0 Å². The molecule has 0 bridgehead atoms. The molecule has 1 aliphatic heterocycles. The zero-order valence-electron chi connectivity index (χ0n) is 30.2. The van der Waals surface area contributed by atoms with Crippen LogP contribution < -0.4 is 9.64 Å². The van der Waals surface area contributed by atoms with Gasteiger partial charge >= 0.3 is 0 Å². The van der Waals surface area contributed by atoms with Crippen molar-refractivity contribution in [3.8, 4) is 33.8 Å². The van der Waals surface area contributed by atoms with Gasteiger partial charge in [0.15, 0.2) is 0 Å². The highest BCUT2D eigenvalue weighted by Gasteiger charge is 2.45. The van der Waals surface area contributed by atoms with Gasteiger partial charge in [-0.25, -0.2) is 0 Å². The molecule has 0 N–H and O–H groups in total. The van der Waals surface area contributed by atoms with E-state index in [-0.39, 0.29) is 0 Å². The molecule has 9 aromatic rings. The molecule has 2 nitrogen and oxygen atoms in total. The Labute approximate surface area is 322 Å². The highest BCUT2D eigenvalue weighted by atomic mass is 16.5. The average Bonchev–Trinajstić information content (AvgIpc) is 3.27. The zero-order chi connectivity index (χ0) is 36.6. The number of fused-ring (bicyclic) bond motifs is 3. The lowest BCUT2D eigenvalue weighted by Crippen LogP contribution is -2.34. The van der Waals surface area contributed by atoms with Crippen molar-refractivity contribution in [2.75, 3.05) is 4.90 Å². The number of para-hydroxylation sites is 2. The van der Waals surface area contributed by atoms with E-state index in [9.17, 15) is 0 Å². The van der Waals surface area contributed by atoms with Gasteiger partial charge in [0, 0.05) is 28.2 Å². The standard InChI is InChI=1S/C53H37NO/c1-4-14-38(15-5-1)40-26-32-47(33-27-40)54(46-20-8-3-9-21-46)48-34-28-41(29-35-48)39-24-30-45(31-25-39)53(44-18-6-2-7-19-44)49-22-12-13-23-51(49)55-52-37-43-17-11-10-16-42(43)36-50(52)53/h1-37H. The Bertz CT molecular complexity index is 2740. The number of nitrogens with zero attached hydrogens (tertiary/aromatic N) is 1. The molecule has 10 rings (SSSR count). The van der Waals surface area contributed by atoms with Crippen LogP contribution >= 0.6 is 0 Å². The monoisotopic (exact) mass is 703 g/mol. The van der Waals surface area contributed by atoms with E-state index in [1.807, 2.05) is 0 Å². The fourth-order valence-electron chi connectivity index (χ4n) is 8.38. The second-order valence-corrected chi connectivity index (χ2v) is 14.1. The van der Waals surface area contributed by atoms with Gasteiger partial charge in [0.05, 0.1) is 5.41 Å². The molecule has 9 aromatic carbocycles. The van der Waals surface area contributed by atoms with Crippen LogP contribution in [0.2, 0.25) is 0 Å². The molecule has 2 heteroatoms. The molecular formula is C53H37NO. The van der Waals surface area contributed by atoms with E-state index in [0.29, 0.717) is 0 Å². The smallest absolute Gasteiger partial charge is 0.132 e. The molecule has 0 aliphatic carbocycles. The highest BCUT2D eigenvalue weighted by molar-refractivity contribution is 5.88. The lowest BCUT2D eigenvalue weighted by atomic mass is 9.63. The summed E-state index contributed by atoms with van der Waals surface area (Å²) in [5.74, 6) is 1.77. The van der Waals surface area contributed by atoms with Crippen LogP contribution in [0, 0.1) is 0 Å².